The Kier molecular flexibility index (Phi) is 7.99. The van der Waals surface area contributed by atoms with Crippen molar-refractivity contribution in [2.75, 3.05) is 25.4 Å². The van der Waals surface area contributed by atoms with Crippen LogP contribution in [0.2, 0.25) is 0 Å². The number of Topliss-reactive ketones (excluding diaryl/α,β-unsaturated/α-hetero) is 1. The molecule has 0 atom stereocenters. The molecule has 0 saturated heterocycles. The third-order valence-electron chi connectivity index (χ3n) is 4.70. The second-order valence-corrected chi connectivity index (χ2v) is 9.44. The minimum absolute atomic E-state index is 0.104. The summed E-state index contributed by atoms with van der Waals surface area (Å²) in [5.41, 5.74) is 1.73. The number of carbonyl (C=O) groups excluding carboxylic acids is 1. The molecule has 0 aliphatic heterocycles. The molecule has 0 spiro atoms. The fraction of sp³-hybridized carbons (Fsp3) is 0.579. The van der Waals surface area contributed by atoms with Gasteiger partial charge < -0.3 is 5.32 Å². The summed E-state index contributed by atoms with van der Waals surface area (Å²) in [5, 5.41) is 11.8. The van der Waals surface area contributed by atoms with Gasteiger partial charge in [-0.05, 0) is 49.4 Å². The molecule has 3 N–H and O–H groups in total. The summed E-state index contributed by atoms with van der Waals surface area (Å²) in [6.45, 7) is 0.812. The normalized spacial score (nSPS) is 15.7. The summed E-state index contributed by atoms with van der Waals surface area (Å²) in [7, 11) is -3.10. The highest BCUT2D eigenvalue weighted by molar-refractivity contribution is 7.65. The summed E-state index contributed by atoms with van der Waals surface area (Å²) in [6, 6.07) is 9.46. The molecule has 0 amide bonds. The summed E-state index contributed by atoms with van der Waals surface area (Å²) in [5.74, 6) is 0.239. The van der Waals surface area contributed by atoms with Crippen LogP contribution >= 0.6 is 7.72 Å². The van der Waals surface area contributed by atoms with Crippen LogP contribution < -0.4 is 5.32 Å². The average molecular weight is 363 g/mol. The number of rotatable bonds is 9. The van der Waals surface area contributed by atoms with Gasteiger partial charge in [0.25, 0.3) is 7.72 Å². The Bertz CT molecular complexity index is 590. The molecule has 0 bridgehead atoms. The summed E-state index contributed by atoms with van der Waals surface area (Å²) in [6.07, 6.45) is 6.74. The van der Waals surface area contributed by atoms with E-state index < -0.39 is 7.72 Å². The number of benzene rings is 1. The lowest BCUT2D eigenvalue weighted by molar-refractivity contribution is -0.116. The highest BCUT2D eigenvalue weighted by Crippen LogP contribution is 2.52. The van der Waals surface area contributed by atoms with Gasteiger partial charge in [0.15, 0.2) is 11.9 Å². The molecule has 1 aliphatic rings. The molecule has 1 aliphatic carbocycles. The first kappa shape index (κ1) is 20.0. The molecule has 1 aromatic carbocycles. The van der Waals surface area contributed by atoms with E-state index in [1.807, 2.05) is 12.1 Å². The number of carbonyl (C=O) groups is 1. The Labute approximate surface area is 150 Å². The van der Waals surface area contributed by atoms with Crippen molar-refractivity contribution in [2.24, 2.45) is 5.92 Å². The Hall–Kier alpha value is -1.31. The van der Waals surface area contributed by atoms with Crippen LogP contribution in [0.5, 0.6) is 0 Å². The van der Waals surface area contributed by atoms with Crippen LogP contribution in [0.25, 0.3) is 0 Å². The lowest BCUT2D eigenvalue weighted by atomic mass is 9.91. The van der Waals surface area contributed by atoms with Crippen molar-refractivity contribution in [2.45, 2.75) is 38.5 Å². The second kappa shape index (κ2) is 9.99. The van der Waals surface area contributed by atoms with Crippen LogP contribution in [-0.4, -0.2) is 41.0 Å². The van der Waals surface area contributed by atoms with E-state index in [2.05, 4.69) is 11.4 Å². The average Bonchev–Trinajstić information content (AvgIpc) is 2.59. The minimum Gasteiger partial charge on any atom is -0.310 e. The fourth-order valence-electron chi connectivity index (χ4n) is 3.39. The maximum Gasteiger partial charge on any atom is 0.275 e. The van der Waals surface area contributed by atoms with E-state index in [1.165, 1.54) is 6.42 Å². The van der Waals surface area contributed by atoms with Gasteiger partial charge in [-0.25, -0.2) is 9.79 Å². The third kappa shape index (κ3) is 7.63. The summed E-state index contributed by atoms with van der Waals surface area (Å²) >= 11 is 0. The van der Waals surface area contributed by atoms with Crippen LogP contribution in [0.3, 0.4) is 0 Å². The first-order chi connectivity index (χ1) is 12.0. The van der Waals surface area contributed by atoms with E-state index in [0.29, 0.717) is 24.2 Å². The Morgan fingerprint density at radius 2 is 1.88 bits per heavy atom. The van der Waals surface area contributed by atoms with Crippen molar-refractivity contribution in [3.63, 3.8) is 0 Å². The zero-order valence-electron chi connectivity index (χ0n) is 14.7. The van der Waals surface area contributed by atoms with E-state index in [4.69, 9.17) is 5.26 Å². The highest BCUT2D eigenvalue weighted by Gasteiger charge is 2.39. The third-order valence-corrected chi connectivity index (χ3v) is 6.66. The van der Waals surface area contributed by atoms with Gasteiger partial charge in [-0.3, -0.25) is 4.79 Å². The maximum absolute atomic E-state index is 12.0. The van der Waals surface area contributed by atoms with Crippen LogP contribution in [0.4, 0.5) is 0 Å². The molecule has 2 rings (SSSR count). The number of ketones is 1. The van der Waals surface area contributed by atoms with Gasteiger partial charge >= 0.3 is 0 Å². The minimum atomic E-state index is -3.10. The van der Waals surface area contributed by atoms with Crippen molar-refractivity contribution in [3.8, 4) is 6.07 Å². The molecule has 1 fully saturated rings. The van der Waals surface area contributed by atoms with Gasteiger partial charge in [0.05, 0.1) is 18.2 Å². The molecule has 1 saturated carbocycles. The number of nitrogens with zero attached hydrogens (tertiary/aromatic N) is 1. The van der Waals surface area contributed by atoms with E-state index in [1.54, 1.807) is 12.1 Å². The van der Waals surface area contributed by atoms with Crippen LogP contribution in [0.1, 0.15) is 43.2 Å². The predicted octanol–water partition coefficient (Wildman–Crippen LogP) is 2.67. The van der Waals surface area contributed by atoms with Crippen molar-refractivity contribution in [1.82, 2.24) is 5.32 Å². The van der Waals surface area contributed by atoms with Gasteiger partial charge in [0.1, 0.15) is 6.16 Å². The molecule has 136 valence electrons. The SMILES string of the molecule is N#Cc1ccc(CCNCC(=O)C[P+](O)(O)CC2CCCCC2)cc1. The van der Waals surface area contributed by atoms with Gasteiger partial charge in [0, 0.05) is 0 Å². The summed E-state index contributed by atoms with van der Waals surface area (Å²) < 4.78 is 0. The lowest BCUT2D eigenvalue weighted by Crippen LogP contribution is -2.29. The highest BCUT2D eigenvalue weighted by atomic mass is 31.2. The largest absolute Gasteiger partial charge is 0.310 e. The zero-order chi connectivity index (χ0) is 18.1. The molecular formula is C19H28N2O3P+. The quantitative estimate of drug-likeness (QED) is 0.463. The predicted molar refractivity (Wildman–Crippen MR) is 100 cm³/mol. The fourth-order valence-corrected chi connectivity index (χ4v) is 5.39. The second-order valence-electron chi connectivity index (χ2n) is 7.00. The summed E-state index contributed by atoms with van der Waals surface area (Å²) in [4.78, 5) is 32.4. The Morgan fingerprint density at radius 3 is 2.52 bits per heavy atom. The molecule has 0 heterocycles. The van der Waals surface area contributed by atoms with Crippen LogP contribution in [0, 0.1) is 17.2 Å². The van der Waals surface area contributed by atoms with Gasteiger partial charge in [-0.15, -0.1) is 0 Å². The molecule has 0 aromatic heterocycles. The van der Waals surface area contributed by atoms with E-state index in [9.17, 15) is 14.6 Å². The standard InChI is InChI=1S/C19H28N2O3P/c20-12-17-8-6-16(7-9-17)10-11-21-13-19(22)15-25(23,24)14-18-4-2-1-3-5-18/h6-9,18,21,23-24H,1-5,10-11,13-15H2/q+1. The Balaban J connectivity index is 1.64. The maximum atomic E-state index is 12.0. The molecule has 0 radical (unpaired) electrons. The molecule has 1 aromatic rings. The van der Waals surface area contributed by atoms with Gasteiger partial charge in [-0.2, -0.15) is 5.26 Å². The number of hydrogen-bond donors (Lipinski definition) is 3. The molecule has 5 nitrogen and oxygen atoms in total. The van der Waals surface area contributed by atoms with Gasteiger partial charge in [-0.1, -0.05) is 31.4 Å². The van der Waals surface area contributed by atoms with E-state index in [0.717, 1.165) is 37.7 Å². The lowest BCUT2D eigenvalue weighted by Gasteiger charge is -2.23. The van der Waals surface area contributed by atoms with Crippen LogP contribution in [0.15, 0.2) is 24.3 Å². The first-order valence-corrected chi connectivity index (χ1v) is 11.1. The van der Waals surface area contributed by atoms with Crippen molar-refractivity contribution >= 4 is 13.5 Å². The number of nitriles is 1. The topological polar surface area (TPSA) is 93.4 Å². The molecule has 6 heteroatoms. The van der Waals surface area contributed by atoms with Crippen molar-refractivity contribution in [1.29, 1.82) is 5.26 Å². The number of nitrogens with one attached hydrogen (secondary N) is 1. The van der Waals surface area contributed by atoms with E-state index in [-0.39, 0.29) is 18.5 Å². The number of hydrogen-bond acceptors (Lipinski definition) is 5. The van der Waals surface area contributed by atoms with E-state index >= 15 is 0 Å². The molecule has 0 unspecified atom stereocenters. The molecule has 25 heavy (non-hydrogen) atoms. The van der Waals surface area contributed by atoms with Gasteiger partial charge in [0.2, 0.25) is 0 Å². The van der Waals surface area contributed by atoms with Crippen molar-refractivity contribution < 1.29 is 14.6 Å². The zero-order valence-corrected chi connectivity index (χ0v) is 15.5. The molecular weight excluding hydrogens is 335 g/mol. The van der Waals surface area contributed by atoms with Crippen molar-refractivity contribution in [3.05, 3.63) is 35.4 Å². The van der Waals surface area contributed by atoms with Crippen LogP contribution in [-0.2, 0) is 11.2 Å². The first-order valence-electron chi connectivity index (χ1n) is 9.02. The monoisotopic (exact) mass is 363 g/mol. The smallest absolute Gasteiger partial charge is 0.275 e. The Morgan fingerprint density at radius 1 is 1.20 bits per heavy atom.